The van der Waals surface area contributed by atoms with E-state index in [0.29, 0.717) is 5.17 Å². The van der Waals surface area contributed by atoms with Crippen LogP contribution in [0.4, 0.5) is 5.69 Å². The van der Waals surface area contributed by atoms with Crippen LogP contribution in [0.5, 0.6) is 0 Å². The Kier molecular flexibility index (Phi) is 5.62. The number of sulfone groups is 1. The zero-order chi connectivity index (χ0) is 19.8. The Labute approximate surface area is 162 Å². The first kappa shape index (κ1) is 19.9. The van der Waals surface area contributed by atoms with Crippen molar-refractivity contribution in [1.29, 1.82) is 0 Å². The molecule has 2 fully saturated rings. The molecular formula is C18H21N2O5S2-. The molecule has 0 unspecified atom stereocenters. The van der Waals surface area contributed by atoms with E-state index in [2.05, 4.69) is 4.99 Å². The molecule has 0 aliphatic carbocycles. The molecule has 0 radical (unpaired) electrons. The number of carboxylic acids is 1. The lowest BCUT2D eigenvalue weighted by molar-refractivity contribution is -0.305. The van der Waals surface area contributed by atoms with Gasteiger partial charge in [-0.3, -0.25) is 4.79 Å². The Morgan fingerprint density at radius 2 is 1.85 bits per heavy atom. The Bertz CT molecular complexity index is 890. The standard InChI is InChI=1S/C18H22N2O5S2/c1-11-6-12(2)8-13(7-11)20-14-9-27(24,25)10-15(14)26-18(20)19-16(21)4-3-5-17(22)23/h6-8,14-15H,3-5,9-10H2,1-2H3,(H,22,23)/p-1/t14-,15-/m0/s1. The third kappa shape index (κ3) is 4.70. The number of anilines is 1. The van der Waals surface area contributed by atoms with E-state index in [-0.39, 0.29) is 42.1 Å². The van der Waals surface area contributed by atoms with Crippen molar-refractivity contribution in [2.45, 2.75) is 44.4 Å². The van der Waals surface area contributed by atoms with Crippen LogP contribution in [-0.4, -0.2) is 48.3 Å². The number of amidine groups is 1. The lowest BCUT2D eigenvalue weighted by Crippen LogP contribution is -2.37. The summed E-state index contributed by atoms with van der Waals surface area (Å²) >= 11 is 1.31. The van der Waals surface area contributed by atoms with Crippen molar-refractivity contribution < 1.29 is 23.1 Å². The number of aliphatic carboxylic acids is 1. The number of hydrogen-bond donors (Lipinski definition) is 0. The van der Waals surface area contributed by atoms with Crippen molar-refractivity contribution >= 4 is 44.3 Å². The number of aryl methyl sites for hydroxylation is 2. The average Bonchev–Trinajstić information content (AvgIpc) is 2.96. The highest BCUT2D eigenvalue weighted by atomic mass is 32.2. The second-order valence-electron chi connectivity index (χ2n) is 7.03. The van der Waals surface area contributed by atoms with Gasteiger partial charge in [0, 0.05) is 23.3 Å². The van der Waals surface area contributed by atoms with Gasteiger partial charge < -0.3 is 14.8 Å². The van der Waals surface area contributed by atoms with Crippen LogP contribution in [0.25, 0.3) is 0 Å². The molecule has 2 saturated heterocycles. The molecule has 0 aromatic heterocycles. The third-order valence-electron chi connectivity index (χ3n) is 4.54. The molecule has 2 aliphatic rings. The molecule has 146 valence electrons. The molecular weight excluding hydrogens is 388 g/mol. The number of benzene rings is 1. The Morgan fingerprint density at radius 1 is 1.19 bits per heavy atom. The number of carbonyl (C=O) groups excluding carboxylic acids is 2. The highest BCUT2D eigenvalue weighted by Crippen LogP contribution is 2.41. The van der Waals surface area contributed by atoms with Gasteiger partial charge in [-0.25, -0.2) is 8.42 Å². The van der Waals surface area contributed by atoms with E-state index in [1.807, 2.05) is 36.9 Å². The fourth-order valence-electron chi connectivity index (χ4n) is 3.50. The van der Waals surface area contributed by atoms with Crippen molar-refractivity contribution in [2.24, 2.45) is 4.99 Å². The predicted octanol–water partition coefficient (Wildman–Crippen LogP) is 0.825. The minimum absolute atomic E-state index is 0.0202. The number of thioether (sulfide) groups is 1. The molecule has 1 aromatic rings. The van der Waals surface area contributed by atoms with Gasteiger partial charge in [0.1, 0.15) is 0 Å². The normalized spacial score (nSPS) is 25.0. The van der Waals surface area contributed by atoms with Gasteiger partial charge in [0.05, 0.1) is 17.5 Å². The van der Waals surface area contributed by atoms with E-state index in [1.165, 1.54) is 11.8 Å². The molecule has 27 heavy (non-hydrogen) atoms. The van der Waals surface area contributed by atoms with E-state index in [1.54, 1.807) is 0 Å². The number of amides is 1. The summed E-state index contributed by atoms with van der Waals surface area (Å²) in [5.74, 6) is -1.49. The molecule has 2 aliphatic heterocycles. The van der Waals surface area contributed by atoms with Crippen LogP contribution in [0.3, 0.4) is 0 Å². The number of carbonyl (C=O) groups is 2. The molecule has 3 rings (SSSR count). The van der Waals surface area contributed by atoms with Gasteiger partial charge in [0.2, 0.25) is 5.91 Å². The number of aliphatic imine (C=N–C) groups is 1. The van der Waals surface area contributed by atoms with Gasteiger partial charge in [-0.05, 0) is 49.9 Å². The van der Waals surface area contributed by atoms with E-state index in [9.17, 15) is 23.1 Å². The Hall–Kier alpha value is -1.87. The molecule has 0 bridgehead atoms. The highest BCUT2D eigenvalue weighted by Gasteiger charge is 2.49. The van der Waals surface area contributed by atoms with Crippen LogP contribution < -0.4 is 10.0 Å². The van der Waals surface area contributed by atoms with Crippen molar-refractivity contribution in [2.75, 3.05) is 16.4 Å². The maximum absolute atomic E-state index is 12.2. The SMILES string of the molecule is Cc1cc(C)cc(N2C(=NC(=O)CCCC(=O)[O-])S[C@H]3CS(=O)(=O)C[C@@H]32)c1. The van der Waals surface area contributed by atoms with Crippen molar-refractivity contribution in [3.8, 4) is 0 Å². The molecule has 2 heterocycles. The first-order valence-electron chi connectivity index (χ1n) is 8.70. The first-order chi connectivity index (χ1) is 12.6. The predicted molar refractivity (Wildman–Crippen MR) is 104 cm³/mol. The first-order valence-corrected chi connectivity index (χ1v) is 11.4. The van der Waals surface area contributed by atoms with Gasteiger partial charge in [-0.2, -0.15) is 4.99 Å². The van der Waals surface area contributed by atoms with E-state index in [0.717, 1.165) is 16.8 Å². The second-order valence-corrected chi connectivity index (χ2v) is 10.4. The molecule has 0 saturated carbocycles. The molecule has 2 atom stereocenters. The lowest BCUT2D eigenvalue weighted by Gasteiger charge is -2.25. The van der Waals surface area contributed by atoms with Crippen molar-refractivity contribution in [3.05, 3.63) is 29.3 Å². The Balaban J connectivity index is 1.89. The van der Waals surface area contributed by atoms with E-state index >= 15 is 0 Å². The summed E-state index contributed by atoms with van der Waals surface area (Å²) in [6, 6.07) is 5.68. The highest BCUT2D eigenvalue weighted by molar-refractivity contribution is 8.16. The largest absolute Gasteiger partial charge is 0.550 e. The van der Waals surface area contributed by atoms with Gasteiger partial charge in [-0.1, -0.05) is 17.8 Å². The molecule has 9 heteroatoms. The molecule has 1 amide bonds. The van der Waals surface area contributed by atoms with E-state index in [4.69, 9.17) is 0 Å². The monoisotopic (exact) mass is 409 g/mol. The number of carboxylic acid groups (broad SMARTS) is 1. The lowest BCUT2D eigenvalue weighted by atomic mass is 10.1. The zero-order valence-corrected chi connectivity index (χ0v) is 16.8. The number of rotatable bonds is 5. The van der Waals surface area contributed by atoms with Crippen LogP contribution in [0, 0.1) is 13.8 Å². The van der Waals surface area contributed by atoms with Crippen LogP contribution in [0.2, 0.25) is 0 Å². The number of fused-ring (bicyclic) bond motifs is 1. The minimum Gasteiger partial charge on any atom is -0.550 e. The van der Waals surface area contributed by atoms with Crippen LogP contribution >= 0.6 is 11.8 Å². The summed E-state index contributed by atoms with van der Waals surface area (Å²) in [7, 11) is -3.12. The summed E-state index contributed by atoms with van der Waals surface area (Å²) < 4.78 is 24.2. The summed E-state index contributed by atoms with van der Waals surface area (Å²) in [4.78, 5) is 28.7. The molecule has 0 spiro atoms. The third-order valence-corrected chi connectivity index (χ3v) is 7.75. The quantitative estimate of drug-likeness (QED) is 0.709. The van der Waals surface area contributed by atoms with Gasteiger partial charge in [0.15, 0.2) is 15.0 Å². The Morgan fingerprint density at radius 3 is 2.48 bits per heavy atom. The summed E-state index contributed by atoms with van der Waals surface area (Å²) in [6.07, 6.45) is 0.00772. The second kappa shape index (κ2) is 7.63. The van der Waals surface area contributed by atoms with Crippen LogP contribution in [0.15, 0.2) is 23.2 Å². The van der Waals surface area contributed by atoms with Crippen LogP contribution in [0.1, 0.15) is 30.4 Å². The van der Waals surface area contributed by atoms with E-state index < -0.39 is 21.7 Å². The molecule has 1 aromatic carbocycles. The van der Waals surface area contributed by atoms with Gasteiger partial charge in [0.25, 0.3) is 0 Å². The minimum atomic E-state index is -3.12. The average molecular weight is 410 g/mol. The zero-order valence-electron chi connectivity index (χ0n) is 15.2. The molecule has 0 N–H and O–H groups in total. The maximum Gasteiger partial charge on any atom is 0.248 e. The van der Waals surface area contributed by atoms with Crippen molar-refractivity contribution in [1.82, 2.24) is 0 Å². The van der Waals surface area contributed by atoms with Crippen LogP contribution in [-0.2, 0) is 19.4 Å². The van der Waals surface area contributed by atoms with Gasteiger partial charge in [-0.15, -0.1) is 0 Å². The topological polar surface area (TPSA) is 107 Å². The smallest absolute Gasteiger partial charge is 0.248 e. The summed E-state index contributed by atoms with van der Waals surface area (Å²) in [5, 5.41) is 10.8. The summed E-state index contributed by atoms with van der Waals surface area (Å²) in [6.45, 7) is 3.93. The fourth-order valence-corrected chi connectivity index (χ4v) is 7.43. The fraction of sp³-hybridized carbons (Fsp3) is 0.500. The number of hydrogen-bond acceptors (Lipinski definition) is 6. The number of nitrogens with zero attached hydrogens (tertiary/aromatic N) is 2. The molecule has 7 nitrogen and oxygen atoms in total. The maximum atomic E-state index is 12.2. The van der Waals surface area contributed by atoms with Gasteiger partial charge >= 0.3 is 0 Å². The summed E-state index contributed by atoms with van der Waals surface area (Å²) in [5.41, 5.74) is 2.91. The van der Waals surface area contributed by atoms with Crippen molar-refractivity contribution in [3.63, 3.8) is 0 Å².